The number of ether oxygens (including phenoxy) is 3. The highest BCUT2D eigenvalue weighted by Gasteiger charge is 2.43. The summed E-state index contributed by atoms with van der Waals surface area (Å²) >= 11 is 0. The Hall–Kier alpha value is -3.54. The third-order valence-corrected chi connectivity index (χ3v) is 6.56. The number of benzene rings is 2. The molecule has 0 aromatic heterocycles. The SMILES string of the molecule is COc1cc([C@@H]2C(C(=O)OC(C)C)=C(C)NC3=C2C(=O)CC(C)(C)C3)ccc1OCc1ccccc1. The van der Waals surface area contributed by atoms with Gasteiger partial charge in [-0.3, -0.25) is 4.79 Å². The molecule has 2 aromatic carbocycles. The standard InChI is InChI=1S/C30H35NO5/c1-18(2)36-29(33)26-19(3)31-22-15-30(4,5)16-23(32)28(22)27(26)21-12-13-24(25(14-21)34-6)35-17-20-10-8-7-9-11-20/h7-14,18,27,31H,15-17H2,1-6H3/t27-/m1/s1. The Labute approximate surface area is 213 Å². The van der Waals surface area contributed by atoms with Crippen LogP contribution in [0.25, 0.3) is 0 Å². The number of hydrogen-bond acceptors (Lipinski definition) is 6. The number of ketones is 1. The monoisotopic (exact) mass is 489 g/mol. The van der Waals surface area contributed by atoms with Crippen LogP contribution in [0.2, 0.25) is 0 Å². The average Bonchev–Trinajstić information content (AvgIpc) is 2.81. The molecule has 0 bridgehead atoms. The summed E-state index contributed by atoms with van der Waals surface area (Å²) < 4.78 is 17.3. The lowest BCUT2D eigenvalue weighted by Crippen LogP contribution is -2.39. The van der Waals surface area contributed by atoms with Gasteiger partial charge in [0.25, 0.3) is 0 Å². The van der Waals surface area contributed by atoms with Gasteiger partial charge in [-0.05, 0) is 55.9 Å². The molecule has 2 aliphatic rings. The van der Waals surface area contributed by atoms with Crippen molar-refractivity contribution >= 4 is 11.8 Å². The minimum absolute atomic E-state index is 0.0458. The second-order valence-electron chi connectivity index (χ2n) is 10.6. The molecule has 0 saturated carbocycles. The quantitative estimate of drug-likeness (QED) is 0.493. The number of rotatable bonds is 7. The number of Topliss-reactive ketones (excluding diaryl/α,β-unsaturated/α-hetero) is 1. The van der Waals surface area contributed by atoms with E-state index in [0.29, 0.717) is 41.4 Å². The number of carbonyl (C=O) groups excluding carboxylic acids is 2. The molecule has 0 radical (unpaired) electrons. The molecular weight excluding hydrogens is 454 g/mol. The molecule has 1 atom stereocenters. The predicted molar refractivity (Wildman–Crippen MR) is 139 cm³/mol. The zero-order valence-corrected chi connectivity index (χ0v) is 21.9. The van der Waals surface area contributed by atoms with Gasteiger partial charge in [-0.2, -0.15) is 0 Å². The molecule has 0 amide bonds. The van der Waals surface area contributed by atoms with Crippen LogP contribution >= 0.6 is 0 Å². The fraction of sp³-hybridized carbons (Fsp3) is 0.400. The Morgan fingerprint density at radius 3 is 2.47 bits per heavy atom. The van der Waals surface area contributed by atoms with Gasteiger partial charge in [0.15, 0.2) is 17.3 Å². The summed E-state index contributed by atoms with van der Waals surface area (Å²) in [5.74, 6) is 0.212. The average molecular weight is 490 g/mol. The molecule has 6 heteroatoms. The summed E-state index contributed by atoms with van der Waals surface area (Å²) in [5.41, 5.74) is 4.35. The Bertz CT molecular complexity index is 1220. The van der Waals surface area contributed by atoms with Crippen LogP contribution in [0.15, 0.2) is 71.1 Å². The van der Waals surface area contributed by atoms with E-state index in [4.69, 9.17) is 14.2 Å². The number of hydrogen-bond donors (Lipinski definition) is 1. The maximum atomic E-state index is 13.5. The Morgan fingerprint density at radius 1 is 1.08 bits per heavy atom. The van der Waals surface area contributed by atoms with Crippen LogP contribution in [0.5, 0.6) is 11.5 Å². The van der Waals surface area contributed by atoms with E-state index in [-0.39, 0.29) is 17.3 Å². The molecule has 190 valence electrons. The van der Waals surface area contributed by atoms with E-state index in [9.17, 15) is 9.59 Å². The van der Waals surface area contributed by atoms with Crippen molar-refractivity contribution in [2.45, 2.75) is 66.1 Å². The van der Waals surface area contributed by atoms with Crippen molar-refractivity contribution in [1.82, 2.24) is 5.32 Å². The summed E-state index contributed by atoms with van der Waals surface area (Å²) in [6.07, 6.45) is 0.868. The molecule has 6 nitrogen and oxygen atoms in total. The highest BCUT2D eigenvalue weighted by Crippen LogP contribution is 2.48. The zero-order valence-electron chi connectivity index (χ0n) is 21.9. The summed E-state index contributed by atoms with van der Waals surface area (Å²) in [6, 6.07) is 15.5. The second-order valence-corrected chi connectivity index (χ2v) is 10.6. The van der Waals surface area contributed by atoms with Crippen LogP contribution in [-0.4, -0.2) is 25.0 Å². The van der Waals surface area contributed by atoms with Crippen molar-refractivity contribution in [1.29, 1.82) is 0 Å². The van der Waals surface area contributed by atoms with Gasteiger partial charge < -0.3 is 19.5 Å². The molecule has 1 aliphatic carbocycles. The lowest BCUT2D eigenvalue weighted by Gasteiger charge is -2.39. The normalized spacial score (nSPS) is 19.1. The second kappa shape index (κ2) is 10.2. The number of carbonyl (C=O) groups is 2. The molecule has 36 heavy (non-hydrogen) atoms. The van der Waals surface area contributed by atoms with E-state index in [2.05, 4.69) is 19.2 Å². The van der Waals surface area contributed by atoms with E-state index in [0.717, 1.165) is 23.2 Å². The van der Waals surface area contributed by atoms with Gasteiger partial charge >= 0.3 is 5.97 Å². The number of methoxy groups -OCH3 is 1. The number of allylic oxidation sites excluding steroid dienone is 3. The largest absolute Gasteiger partial charge is 0.493 e. The third-order valence-electron chi connectivity index (χ3n) is 6.56. The first-order chi connectivity index (χ1) is 17.1. The summed E-state index contributed by atoms with van der Waals surface area (Å²) in [7, 11) is 1.59. The number of esters is 1. The van der Waals surface area contributed by atoms with Gasteiger partial charge in [0, 0.05) is 29.3 Å². The summed E-state index contributed by atoms with van der Waals surface area (Å²) in [6.45, 7) is 10.1. The van der Waals surface area contributed by atoms with Crippen molar-refractivity contribution < 1.29 is 23.8 Å². The first-order valence-electron chi connectivity index (χ1n) is 12.4. The molecule has 0 saturated heterocycles. The predicted octanol–water partition coefficient (Wildman–Crippen LogP) is 5.83. The maximum Gasteiger partial charge on any atom is 0.337 e. The van der Waals surface area contributed by atoms with Crippen LogP contribution in [-0.2, 0) is 20.9 Å². The van der Waals surface area contributed by atoms with Crippen LogP contribution in [0.3, 0.4) is 0 Å². The van der Waals surface area contributed by atoms with Crippen molar-refractivity contribution in [2.75, 3.05) is 7.11 Å². The number of dihydropyridines is 1. The van der Waals surface area contributed by atoms with Gasteiger partial charge in [-0.15, -0.1) is 0 Å². The molecule has 1 N–H and O–H groups in total. The van der Waals surface area contributed by atoms with Gasteiger partial charge in [0.2, 0.25) is 0 Å². The Morgan fingerprint density at radius 2 is 1.81 bits per heavy atom. The van der Waals surface area contributed by atoms with Crippen molar-refractivity contribution in [3.05, 3.63) is 82.2 Å². The Balaban J connectivity index is 1.76. The molecule has 4 rings (SSSR count). The van der Waals surface area contributed by atoms with Crippen molar-refractivity contribution in [3.63, 3.8) is 0 Å². The van der Waals surface area contributed by atoms with Crippen LogP contribution in [0, 0.1) is 5.41 Å². The lowest BCUT2D eigenvalue weighted by atomic mass is 9.68. The summed E-state index contributed by atoms with van der Waals surface area (Å²) in [4.78, 5) is 26.8. The zero-order chi connectivity index (χ0) is 26.0. The molecule has 1 heterocycles. The van der Waals surface area contributed by atoms with E-state index in [1.54, 1.807) is 7.11 Å². The highest BCUT2D eigenvalue weighted by atomic mass is 16.5. The Kier molecular flexibility index (Phi) is 7.25. The van der Waals surface area contributed by atoms with E-state index in [1.807, 2.05) is 69.3 Å². The highest BCUT2D eigenvalue weighted by molar-refractivity contribution is 6.04. The van der Waals surface area contributed by atoms with E-state index >= 15 is 0 Å². The summed E-state index contributed by atoms with van der Waals surface area (Å²) in [5, 5.41) is 3.37. The van der Waals surface area contributed by atoms with Crippen LogP contribution in [0.4, 0.5) is 0 Å². The smallest absolute Gasteiger partial charge is 0.337 e. The first kappa shape index (κ1) is 25.5. The minimum atomic E-state index is -0.548. The van der Waals surface area contributed by atoms with E-state index in [1.165, 1.54) is 0 Å². The fourth-order valence-electron chi connectivity index (χ4n) is 5.04. The van der Waals surface area contributed by atoms with E-state index < -0.39 is 11.9 Å². The van der Waals surface area contributed by atoms with Crippen molar-refractivity contribution in [3.8, 4) is 11.5 Å². The lowest BCUT2D eigenvalue weighted by molar-refractivity contribution is -0.143. The molecule has 1 aliphatic heterocycles. The van der Waals surface area contributed by atoms with Gasteiger partial charge in [0.05, 0.1) is 18.8 Å². The molecular formula is C30H35NO5. The molecule has 0 unspecified atom stereocenters. The van der Waals surface area contributed by atoms with Crippen molar-refractivity contribution in [2.24, 2.45) is 5.41 Å². The first-order valence-corrected chi connectivity index (χ1v) is 12.4. The van der Waals surface area contributed by atoms with Gasteiger partial charge in [-0.1, -0.05) is 50.2 Å². The van der Waals surface area contributed by atoms with Gasteiger partial charge in [-0.25, -0.2) is 4.79 Å². The minimum Gasteiger partial charge on any atom is -0.493 e. The maximum absolute atomic E-state index is 13.5. The fourth-order valence-corrected chi connectivity index (χ4v) is 5.04. The molecule has 0 fully saturated rings. The molecule has 2 aromatic rings. The number of nitrogens with one attached hydrogen (secondary N) is 1. The van der Waals surface area contributed by atoms with Crippen LogP contribution < -0.4 is 14.8 Å². The topological polar surface area (TPSA) is 73.9 Å². The molecule has 0 spiro atoms. The van der Waals surface area contributed by atoms with Gasteiger partial charge in [0.1, 0.15) is 6.61 Å². The van der Waals surface area contributed by atoms with Crippen LogP contribution in [0.1, 0.15) is 64.5 Å². The third kappa shape index (κ3) is 5.32.